The molecule has 1 heterocycles. The molecule has 0 unspecified atom stereocenters. The molecule has 0 aliphatic rings. The Balaban J connectivity index is 0.00000387. The quantitative estimate of drug-likeness (QED) is 0.113. The Morgan fingerprint density at radius 3 is 0.712 bits per heavy atom. The Morgan fingerprint density at radius 1 is 0.250 bits per heavy atom. The van der Waals surface area contributed by atoms with Crippen LogP contribution in [-0.2, 0) is 0 Å². The summed E-state index contributed by atoms with van der Waals surface area (Å²) < 4.78 is 2.66. The Morgan fingerprint density at radius 2 is 0.481 bits per heavy atom. The largest absolute Gasteiger partial charge is 0.179 e. The summed E-state index contributed by atoms with van der Waals surface area (Å²) in [4.78, 5) is 0. The molecule has 250 valence electrons. The zero-order valence-corrected chi connectivity index (χ0v) is 31.0. The van der Waals surface area contributed by atoms with E-state index in [1.54, 1.807) is 0 Å². The molecule has 0 saturated heterocycles. The van der Waals surface area contributed by atoms with Crippen molar-refractivity contribution in [2.75, 3.05) is 0 Å². The number of hydrogen-bond donors (Lipinski definition) is 0. The van der Waals surface area contributed by atoms with Gasteiger partial charge in [-0.2, -0.15) is 0 Å². The fourth-order valence-electron chi connectivity index (χ4n) is 8.37. The van der Waals surface area contributed by atoms with Crippen LogP contribution in [0.5, 0.6) is 0 Å². The minimum Gasteiger partial charge on any atom is -0.135 e. The van der Waals surface area contributed by atoms with Gasteiger partial charge >= 0.3 is 0 Å². The summed E-state index contributed by atoms with van der Waals surface area (Å²) in [6.45, 7) is 0. The van der Waals surface area contributed by atoms with Crippen LogP contribution in [0.4, 0.5) is 0 Å². The van der Waals surface area contributed by atoms with Gasteiger partial charge in [-0.05, 0) is 53.6 Å². The van der Waals surface area contributed by atoms with Crippen LogP contribution in [-0.4, -0.2) is 16.1 Å². The predicted molar refractivity (Wildman–Crippen MR) is 233 cm³/mol. The minimum absolute atomic E-state index is 0. The molecule has 0 aliphatic carbocycles. The second-order valence-corrected chi connectivity index (χ2v) is 21.9. The molecule has 9 aromatic rings. The maximum atomic E-state index is 2.55. The van der Waals surface area contributed by atoms with Crippen LogP contribution in [0.1, 0.15) is 7.43 Å². The van der Waals surface area contributed by atoms with E-state index in [1.165, 1.54) is 61.7 Å². The van der Waals surface area contributed by atoms with E-state index in [4.69, 9.17) is 0 Å². The van der Waals surface area contributed by atoms with E-state index >= 15 is 0 Å². The van der Waals surface area contributed by atoms with E-state index in [2.05, 4.69) is 218 Å². The van der Waals surface area contributed by atoms with Gasteiger partial charge in [-0.3, -0.25) is 0 Å². The van der Waals surface area contributed by atoms with E-state index in [0.29, 0.717) is 0 Å². The molecular formula is C49H40SSi2. The van der Waals surface area contributed by atoms with Gasteiger partial charge in [-0.15, -0.1) is 11.3 Å². The monoisotopic (exact) mass is 716 g/mol. The van der Waals surface area contributed by atoms with Crippen molar-refractivity contribution in [1.82, 2.24) is 0 Å². The number of fused-ring (bicyclic) bond motifs is 3. The van der Waals surface area contributed by atoms with Gasteiger partial charge in [0.2, 0.25) is 0 Å². The van der Waals surface area contributed by atoms with Gasteiger partial charge in [-0.1, -0.05) is 214 Å². The van der Waals surface area contributed by atoms with Gasteiger partial charge in [-0.25, -0.2) is 0 Å². The van der Waals surface area contributed by atoms with Gasteiger partial charge in [0.1, 0.15) is 0 Å². The van der Waals surface area contributed by atoms with Crippen LogP contribution in [0.2, 0.25) is 0 Å². The molecule has 0 spiro atoms. The zero-order valence-electron chi connectivity index (χ0n) is 28.2. The smallest absolute Gasteiger partial charge is 0.135 e. The molecule has 8 aromatic carbocycles. The first-order valence-corrected chi connectivity index (χ1v) is 22.4. The van der Waals surface area contributed by atoms with Gasteiger partial charge < -0.3 is 0 Å². The van der Waals surface area contributed by atoms with Crippen LogP contribution in [0.15, 0.2) is 218 Å². The molecule has 9 rings (SSSR count). The van der Waals surface area contributed by atoms with E-state index < -0.39 is 16.1 Å². The van der Waals surface area contributed by atoms with E-state index in [9.17, 15) is 0 Å². The summed E-state index contributed by atoms with van der Waals surface area (Å²) in [5.41, 5.74) is 0. The minimum atomic E-state index is -2.67. The van der Waals surface area contributed by atoms with Crippen molar-refractivity contribution < 1.29 is 0 Å². The number of rotatable bonds is 8. The van der Waals surface area contributed by atoms with Gasteiger partial charge in [0.15, 0.2) is 16.1 Å². The Kier molecular flexibility index (Phi) is 9.17. The van der Waals surface area contributed by atoms with Crippen LogP contribution in [0.3, 0.4) is 0 Å². The average Bonchev–Trinajstić information content (AvgIpc) is 3.59. The topological polar surface area (TPSA) is 0 Å². The van der Waals surface area contributed by atoms with Crippen molar-refractivity contribution >= 4 is 89.2 Å². The van der Waals surface area contributed by atoms with Crippen LogP contribution in [0.25, 0.3) is 20.2 Å². The third-order valence-electron chi connectivity index (χ3n) is 10.6. The highest BCUT2D eigenvalue weighted by Gasteiger charge is 2.43. The average molecular weight is 717 g/mol. The first-order chi connectivity index (χ1) is 25.3. The third-order valence-corrected chi connectivity index (χ3v) is 21.3. The fraction of sp³-hybridized carbons (Fsp3) is 0.0204. The fourth-order valence-corrected chi connectivity index (χ4v) is 19.0. The standard InChI is InChI=1S/C48H36SSi2.CH4/c1-7-19-37(20-8-1)50(38-21-9-2-10-22-38,39-23-11-3-12-24-39)43-31-33-47-45(35-43)46-36-44(32-34-48(46)49-47)51(40-25-13-4-14-26-40,41-27-15-5-16-28-41)42-29-17-6-18-30-42;/h1-36H;1H4. The molecule has 0 radical (unpaired) electrons. The number of hydrogen-bond acceptors (Lipinski definition) is 1. The van der Waals surface area contributed by atoms with Crippen LogP contribution >= 0.6 is 11.3 Å². The maximum Gasteiger partial charge on any atom is 0.179 e. The molecule has 0 nitrogen and oxygen atoms in total. The first-order valence-electron chi connectivity index (χ1n) is 17.6. The maximum absolute atomic E-state index is 2.67. The lowest BCUT2D eigenvalue weighted by atomic mass is 10.1. The summed E-state index contributed by atoms with van der Waals surface area (Å²) in [6, 6.07) is 82.2. The Bertz CT molecular complexity index is 2180. The van der Waals surface area contributed by atoms with Crippen molar-refractivity contribution in [3.05, 3.63) is 218 Å². The van der Waals surface area contributed by atoms with Crippen molar-refractivity contribution in [1.29, 1.82) is 0 Å². The predicted octanol–water partition coefficient (Wildman–Crippen LogP) is 7.45. The molecule has 0 atom stereocenters. The molecule has 3 heteroatoms. The van der Waals surface area contributed by atoms with Crippen LogP contribution < -0.4 is 41.5 Å². The molecule has 0 fully saturated rings. The molecule has 0 saturated carbocycles. The zero-order chi connectivity index (χ0) is 34.1. The highest BCUT2D eigenvalue weighted by Crippen LogP contribution is 2.33. The number of benzene rings is 8. The highest BCUT2D eigenvalue weighted by molar-refractivity contribution is 7.26. The van der Waals surface area contributed by atoms with Gasteiger partial charge in [0.05, 0.1) is 0 Å². The van der Waals surface area contributed by atoms with Gasteiger partial charge in [0.25, 0.3) is 0 Å². The van der Waals surface area contributed by atoms with E-state index in [0.717, 1.165) is 0 Å². The third kappa shape index (κ3) is 5.41. The van der Waals surface area contributed by atoms with E-state index in [-0.39, 0.29) is 7.43 Å². The summed E-state index contributed by atoms with van der Waals surface area (Å²) in [5.74, 6) is 0. The van der Waals surface area contributed by atoms with E-state index in [1.807, 2.05) is 11.3 Å². The number of thiophene rings is 1. The normalized spacial score (nSPS) is 11.7. The summed E-state index contributed by atoms with van der Waals surface area (Å²) in [7, 11) is -5.35. The molecule has 0 bridgehead atoms. The van der Waals surface area contributed by atoms with Crippen molar-refractivity contribution in [2.45, 2.75) is 7.43 Å². The second-order valence-electron chi connectivity index (χ2n) is 13.2. The van der Waals surface area contributed by atoms with Gasteiger partial charge in [0, 0.05) is 20.2 Å². The first kappa shape index (κ1) is 33.6. The molecule has 0 aliphatic heterocycles. The second kappa shape index (κ2) is 14.2. The molecule has 0 N–H and O–H groups in total. The van der Waals surface area contributed by atoms with Crippen molar-refractivity contribution in [3.8, 4) is 0 Å². The molecular weight excluding hydrogens is 677 g/mol. The Hall–Kier alpha value is -5.59. The molecule has 0 amide bonds. The molecule has 1 aromatic heterocycles. The summed E-state index contributed by atoms with van der Waals surface area (Å²) in [6.07, 6.45) is 0. The summed E-state index contributed by atoms with van der Waals surface area (Å²) in [5, 5.41) is 13.9. The lowest BCUT2D eigenvalue weighted by molar-refractivity contribution is 1.67. The van der Waals surface area contributed by atoms with Crippen molar-refractivity contribution in [3.63, 3.8) is 0 Å². The molecule has 52 heavy (non-hydrogen) atoms. The lowest BCUT2D eigenvalue weighted by Gasteiger charge is -2.34. The summed E-state index contributed by atoms with van der Waals surface area (Å²) >= 11 is 1.91. The SMILES string of the molecule is C.c1ccc([Si](c2ccccc2)(c2ccccc2)c2ccc3sc4ccc([Si](c5ccccc5)(c5ccccc5)c5ccccc5)cc4c3c2)cc1. The lowest BCUT2D eigenvalue weighted by Crippen LogP contribution is -2.74. The highest BCUT2D eigenvalue weighted by atomic mass is 32.1. The van der Waals surface area contributed by atoms with Crippen molar-refractivity contribution in [2.24, 2.45) is 0 Å². The Labute approximate surface area is 313 Å². The van der Waals surface area contributed by atoms with Crippen LogP contribution in [0, 0.1) is 0 Å².